The number of hydrogen-bond acceptors (Lipinski definition) is 4. The maximum absolute atomic E-state index is 12.1. The molecule has 2 rings (SSSR count). The van der Waals surface area contributed by atoms with Crippen LogP contribution < -0.4 is 10.1 Å². The number of carbonyl (C=O) groups is 2. The lowest BCUT2D eigenvalue weighted by Gasteiger charge is -2.23. The molecule has 1 aromatic carbocycles. The Morgan fingerprint density at radius 2 is 2.26 bits per heavy atom. The number of hydrogen-bond donors (Lipinski definition) is 2. The summed E-state index contributed by atoms with van der Waals surface area (Å²) in [6, 6.07) is 4.92. The fraction of sp³-hybridized carbons (Fsp3) is 0.429. The Labute approximate surface area is 111 Å². The van der Waals surface area contributed by atoms with Gasteiger partial charge in [-0.05, 0) is 31.5 Å². The van der Waals surface area contributed by atoms with E-state index in [4.69, 9.17) is 9.84 Å². The van der Waals surface area contributed by atoms with Gasteiger partial charge in [0.2, 0.25) is 0 Å². The van der Waals surface area contributed by atoms with Crippen molar-refractivity contribution in [3.8, 4) is 5.75 Å². The molecule has 1 heterocycles. The molecule has 2 atom stereocenters. The summed E-state index contributed by atoms with van der Waals surface area (Å²) in [5.74, 6) is -0.204. The summed E-state index contributed by atoms with van der Waals surface area (Å²) in [6.45, 7) is 3.34. The van der Waals surface area contributed by atoms with Crippen LogP contribution >= 0.6 is 0 Å². The number of ketones is 1. The third-order valence-corrected chi connectivity index (χ3v) is 3.28. The number of anilines is 1. The normalized spacial score (nSPS) is 19.1. The Morgan fingerprint density at radius 1 is 1.53 bits per heavy atom. The predicted molar refractivity (Wildman–Crippen MR) is 70.4 cm³/mol. The number of Topliss-reactive ketones (excluding diaryl/α,β-unsaturated/α-hetero) is 1. The number of aliphatic hydroxyl groups is 1. The van der Waals surface area contributed by atoms with Crippen molar-refractivity contribution in [1.82, 2.24) is 0 Å². The minimum Gasteiger partial charge on any atom is -0.479 e. The minimum atomic E-state index is -0.533. The lowest BCUT2D eigenvalue weighted by atomic mass is 9.95. The molecular weight excluding hydrogens is 246 g/mol. The van der Waals surface area contributed by atoms with Crippen molar-refractivity contribution in [2.24, 2.45) is 5.92 Å². The van der Waals surface area contributed by atoms with Crippen molar-refractivity contribution in [2.75, 3.05) is 11.9 Å². The second-order valence-electron chi connectivity index (χ2n) is 4.61. The van der Waals surface area contributed by atoms with E-state index >= 15 is 0 Å². The van der Waals surface area contributed by atoms with Crippen molar-refractivity contribution in [1.29, 1.82) is 0 Å². The van der Waals surface area contributed by atoms with E-state index in [1.54, 1.807) is 25.1 Å². The highest BCUT2D eigenvalue weighted by Gasteiger charge is 2.25. The molecule has 102 valence electrons. The molecule has 0 bridgehead atoms. The first kappa shape index (κ1) is 13.5. The zero-order chi connectivity index (χ0) is 14.0. The van der Waals surface area contributed by atoms with E-state index < -0.39 is 12.0 Å². The van der Waals surface area contributed by atoms with Crippen LogP contribution in [0.2, 0.25) is 0 Å². The second kappa shape index (κ2) is 5.40. The minimum absolute atomic E-state index is 0.124. The SMILES string of the molecule is CCC(CO)C(=O)c1ccc2c(c1)NC(=O)C(C)O2. The van der Waals surface area contributed by atoms with E-state index in [0.717, 1.165) is 0 Å². The van der Waals surface area contributed by atoms with Crippen molar-refractivity contribution < 1.29 is 19.4 Å². The molecule has 19 heavy (non-hydrogen) atoms. The highest BCUT2D eigenvalue weighted by molar-refractivity contribution is 6.02. The summed E-state index contributed by atoms with van der Waals surface area (Å²) in [5, 5.41) is 11.9. The molecule has 2 N–H and O–H groups in total. The molecule has 0 fully saturated rings. The average molecular weight is 263 g/mol. The quantitative estimate of drug-likeness (QED) is 0.809. The molecule has 0 spiro atoms. The van der Waals surface area contributed by atoms with Gasteiger partial charge in [0.25, 0.3) is 5.91 Å². The zero-order valence-corrected chi connectivity index (χ0v) is 11.0. The number of carbonyl (C=O) groups excluding carboxylic acids is 2. The van der Waals surface area contributed by atoms with Gasteiger partial charge in [0.15, 0.2) is 11.9 Å². The number of ether oxygens (including phenoxy) is 1. The lowest BCUT2D eigenvalue weighted by Crippen LogP contribution is -2.34. The van der Waals surface area contributed by atoms with Crippen LogP contribution in [-0.4, -0.2) is 29.5 Å². The maximum Gasteiger partial charge on any atom is 0.265 e. The summed E-state index contributed by atoms with van der Waals surface area (Å²) in [7, 11) is 0. The molecule has 1 aliphatic rings. The van der Waals surface area contributed by atoms with E-state index in [2.05, 4.69) is 5.32 Å². The van der Waals surface area contributed by atoms with Crippen LogP contribution in [0.25, 0.3) is 0 Å². The van der Waals surface area contributed by atoms with Crippen LogP contribution in [-0.2, 0) is 4.79 Å². The van der Waals surface area contributed by atoms with E-state index in [9.17, 15) is 9.59 Å². The smallest absolute Gasteiger partial charge is 0.265 e. The second-order valence-corrected chi connectivity index (χ2v) is 4.61. The standard InChI is InChI=1S/C14H17NO4/c1-3-9(7-16)13(17)10-4-5-12-11(6-10)15-14(18)8(2)19-12/h4-6,8-9,16H,3,7H2,1-2H3,(H,15,18). The molecule has 5 heteroatoms. The maximum atomic E-state index is 12.1. The fourth-order valence-corrected chi connectivity index (χ4v) is 2.00. The van der Waals surface area contributed by atoms with Gasteiger partial charge in [-0.25, -0.2) is 0 Å². The van der Waals surface area contributed by atoms with Gasteiger partial charge in [-0.3, -0.25) is 9.59 Å². The van der Waals surface area contributed by atoms with Gasteiger partial charge in [0.05, 0.1) is 12.3 Å². The van der Waals surface area contributed by atoms with Crippen molar-refractivity contribution in [2.45, 2.75) is 26.4 Å². The summed E-state index contributed by atoms with van der Waals surface area (Å²) >= 11 is 0. The van der Waals surface area contributed by atoms with Gasteiger partial charge in [0, 0.05) is 11.5 Å². The molecule has 0 aromatic heterocycles. The predicted octanol–water partition coefficient (Wildman–Crippen LogP) is 1.61. The van der Waals surface area contributed by atoms with Crippen molar-refractivity contribution in [3.05, 3.63) is 23.8 Å². The Bertz CT molecular complexity index is 508. The van der Waals surface area contributed by atoms with Gasteiger partial charge >= 0.3 is 0 Å². The van der Waals surface area contributed by atoms with Crippen LogP contribution in [0.4, 0.5) is 5.69 Å². The van der Waals surface area contributed by atoms with Crippen molar-refractivity contribution in [3.63, 3.8) is 0 Å². The van der Waals surface area contributed by atoms with Gasteiger partial charge in [0.1, 0.15) is 5.75 Å². The first-order valence-corrected chi connectivity index (χ1v) is 6.33. The molecule has 1 aromatic rings. The summed E-state index contributed by atoms with van der Waals surface area (Å²) in [4.78, 5) is 23.6. The van der Waals surface area contributed by atoms with Gasteiger partial charge in [-0.15, -0.1) is 0 Å². The molecular formula is C14H17NO4. The Kier molecular flexibility index (Phi) is 3.85. The number of fused-ring (bicyclic) bond motifs is 1. The summed E-state index contributed by atoms with van der Waals surface area (Å²) in [5.41, 5.74) is 0.972. The molecule has 1 aliphatic heterocycles. The highest BCUT2D eigenvalue weighted by atomic mass is 16.5. The van der Waals surface area contributed by atoms with E-state index in [1.807, 2.05) is 6.92 Å². The number of benzene rings is 1. The third kappa shape index (κ3) is 2.61. The van der Waals surface area contributed by atoms with E-state index in [1.165, 1.54) is 0 Å². The third-order valence-electron chi connectivity index (χ3n) is 3.28. The Morgan fingerprint density at radius 3 is 2.89 bits per heavy atom. The van der Waals surface area contributed by atoms with E-state index in [0.29, 0.717) is 23.4 Å². The molecule has 5 nitrogen and oxygen atoms in total. The van der Waals surface area contributed by atoms with Crippen LogP contribution in [0, 0.1) is 5.92 Å². The largest absolute Gasteiger partial charge is 0.479 e. The number of amides is 1. The lowest BCUT2D eigenvalue weighted by molar-refractivity contribution is -0.122. The molecule has 2 unspecified atom stereocenters. The van der Waals surface area contributed by atoms with Crippen LogP contribution in [0.15, 0.2) is 18.2 Å². The Balaban J connectivity index is 2.29. The first-order valence-electron chi connectivity index (χ1n) is 6.33. The number of nitrogens with one attached hydrogen (secondary N) is 1. The molecule has 0 radical (unpaired) electrons. The monoisotopic (exact) mass is 263 g/mol. The average Bonchev–Trinajstić information content (AvgIpc) is 2.41. The van der Waals surface area contributed by atoms with E-state index in [-0.39, 0.29) is 18.3 Å². The number of rotatable bonds is 4. The molecule has 1 amide bonds. The van der Waals surface area contributed by atoms with Gasteiger partial charge in [-0.1, -0.05) is 6.92 Å². The zero-order valence-electron chi connectivity index (χ0n) is 11.0. The van der Waals surface area contributed by atoms with Crippen LogP contribution in [0.1, 0.15) is 30.6 Å². The topological polar surface area (TPSA) is 75.6 Å². The molecule has 0 aliphatic carbocycles. The molecule has 0 saturated heterocycles. The number of aliphatic hydroxyl groups excluding tert-OH is 1. The van der Waals surface area contributed by atoms with Crippen molar-refractivity contribution >= 4 is 17.4 Å². The Hall–Kier alpha value is -1.88. The van der Waals surface area contributed by atoms with Crippen LogP contribution in [0.3, 0.4) is 0 Å². The summed E-state index contributed by atoms with van der Waals surface area (Å²) in [6.07, 6.45) is 0.0432. The summed E-state index contributed by atoms with van der Waals surface area (Å²) < 4.78 is 5.42. The fourth-order valence-electron chi connectivity index (χ4n) is 2.00. The van der Waals surface area contributed by atoms with Crippen LogP contribution in [0.5, 0.6) is 5.75 Å². The van der Waals surface area contributed by atoms with Gasteiger partial charge < -0.3 is 15.2 Å². The highest BCUT2D eigenvalue weighted by Crippen LogP contribution is 2.31. The van der Waals surface area contributed by atoms with Gasteiger partial charge in [-0.2, -0.15) is 0 Å². The first-order chi connectivity index (χ1) is 9.06. The molecule has 0 saturated carbocycles.